The number of nitrogens with one attached hydrogen (secondary N) is 1. The van der Waals surface area contributed by atoms with Crippen molar-refractivity contribution in [3.8, 4) is 22.8 Å². The van der Waals surface area contributed by atoms with Gasteiger partial charge in [0.1, 0.15) is 11.5 Å². The average molecular weight is 346 g/mol. The quantitative estimate of drug-likeness (QED) is 0.845. The molecule has 0 bridgehead atoms. The summed E-state index contributed by atoms with van der Waals surface area (Å²) >= 11 is 1.43. The maximum Gasteiger partial charge on any atom is 0.226 e. The highest BCUT2D eigenvalue weighted by molar-refractivity contribution is 7.14. The lowest BCUT2D eigenvalue weighted by molar-refractivity contribution is -0.117. The molecule has 0 atom stereocenters. The van der Waals surface area contributed by atoms with Crippen LogP contribution in [0.4, 0.5) is 5.13 Å². The maximum absolute atomic E-state index is 12.1. The second-order valence-corrected chi connectivity index (χ2v) is 6.86. The first-order chi connectivity index (χ1) is 11.7. The molecule has 1 N–H and O–H groups in total. The van der Waals surface area contributed by atoms with Gasteiger partial charge in [-0.05, 0) is 30.9 Å². The van der Waals surface area contributed by atoms with Crippen molar-refractivity contribution in [1.82, 2.24) is 4.98 Å². The molecule has 0 radical (unpaired) electrons. The minimum absolute atomic E-state index is 0.0597. The molecule has 1 fully saturated rings. The molecule has 1 heterocycles. The number of aromatic nitrogens is 1. The Hall–Kier alpha value is -2.08. The van der Waals surface area contributed by atoms with Gasteiger partial charge in [0.25, 0.3) is 0 Å². The van der Waals surface area contributed by atoms with Gasteiger partial charge in [-0.3, -0.25) is 4.79 Å². The number of amides is 1. The lowest BCUT2D eigenvalue weighted by Crippen LogP contribution is -2.14. The molecule has 128 valence electrons. The van der Waals surface area contributed by atoms with Crippen LogP contribution in [0.25, 0.3) is 11.3 Å². The Morgan fingerprint density at radius 1 is 1.29 bits per heavy atom. The zero-order valence-corrected chi connectivity index (χ0v) is 14.8. The molecule has 2 aromatic rings. The molecular weight excluding hydrogens is 324 g/mol. The van der Waals surface area contributed by atoms with Crippen molar-refractivity contribution in [2.45, 2.75) is 32.1 Å². The fourth-order valence-electron chi connectivity index (χ4n) is 3.11. The minimum atomic E-state index is 0.0597. The minimum Gasteiger partial charge on any atom is -0.497 e. The number of hydrogen-bond donors (Lipinski definition) is 1. The number of rotatable bonds is 6. The normalized spacial score (nSPS) is 14.6. The zero-order valence-electron chi connectivity index (χ0n) is 14.0. The molecule has 1 aliphatic rings. The Kier molecular flexibility index (Phi) is 5.35. The summed E-state index contributed by atoms with van der Waals surface area (Å²) in [5.74, 6) is 2.02. The number of anilines is 1. The number of carbonyl (C=O) groups is 1. The Labute approximate surface area is 146 Å². The number of thiazole rings is 1. The molecule has 0 saturated heterocycles. The van der Waals surface area contributed by atoms with Crippen molar-refractivity contribution >= 4 is 22.4 Å². The summed E-state index contributed by atoms with van der Waals surface area (Å²) in [5.41, 5.74) is 1.67. The molecule has 1 aliphatic carbocycles. The molecule has 3 rings (SSSR count). The van der Waals surface area contributed by atoms with Crippen LogP contribution in [-0.2, 0) is 4.79 Å². The first-order valence-corrected chi connectivity index (χ1v) is 9.05. The Morgan fingerprint density at radius 3 is 2.79 bits per heavy atom. The highest BCUT2D eigenvalue weighted by Crippen LogP contribution is 2.35. The summed E-state index contributed by atoms with van der Waals surface area (Å²) in [6.07, 6.45) is 5.42. The summed E-state index contributed by atoms with van der Waals surface area (Å²) in [5, 5.41) is 5.48. The number of methoxy groups -OCH3 is 2. The van der Waals surface area contributed by atoms with Gasteiger partial charge in [-0.15, -0.1) is 11.3 Å². The highest BCUT2D eigenvalue weighted by atomic mass is 32.1. The van der Waals surface area contributed by atoms with Crippen molar-refractivity contribution in [2.75, 3.05) is 19.5 Å². The molecule has 0 spiro atoms. The van der Waals surface area contributed by atoms with E-state index in [2.05, 4.69) is 10.3 Å². The van der Waals surface area contributed by atoms with Gasteiger partial charge in [0.2, 0.25) is 5.91 Å². The fourth-order valence-corrected chi connectivity index (χ4v) is 3.84. The fraction of sp³-hybridized carbons (Fsp3) is 0.444. The number of ether oxygens (including phenoxy) is 2. The van der Waals surface area contributed by atoms with Crippen LogP contribution in [0.15, 0.2) is 23.6 Å². The summed E-state index contributed by atoms with van der Waals surface area (Å²) in [6, 6.07) is 5.61. The molecule has 6 heteroatoms. The van der Waals surface area contributed by atoms with Gasteiger partial charge in [-0.1, -0.05) is 12.8 Å². The smallest absolute Gasteiger partial charge is 0.226 e. The van der Waals surface area contributed by atoms with Gasteiger partial charge in [-0.25, -0.2) is 4.98 Å². The van der Waals surface area contributed by atoms with E-state index in [9.17, 15) is 4.79 Å². The first-order valence-electron chi connectivity index (χ1n) is 8.17. The molecule has 1 amide bonds. The van der Waals surface area contributed by atoms with Crippen molar-refractivity contribution in [1.29, 1.82) is 0 Å². The third-order valence-corrected chi connectivity index (χ3v) is 5.14. The van der Waals surface area contributed by atoms with E-state index in [4.69, 9.17) is 9.47 Å². The largest absolute Gasteiger partial charge is 0.497 e. The monoisotopic (exact) mass is 346 g/mol. The third kappa shape index (κ3) is 3.87. The molecule has 24 heavy (non-hydrogen) atoms. The summed E-state index contributed by atoms with van der Waals surface area (Å²) in [6.45, 7) is 0. The Morgan fingerprint density at radius 2 is 2.08 bits per heavy atom. The second-order valence-electron chi connectivity index (χ2n) is 6.01. The zero-order chi connectivity index (χ0) is 16.9. The lowest BCUT2D eigenvalue weighted by atomic mass is 10.0. The van der Waals surface area contributed by atoms with Crippen LogP contribution in [0.2, 0.25) is 0 Å². The summed E-state index contributed by atoms with van der Waals surface area (Å²) in [7, 11) is 3.24. The highest BCUT2D eigenvalue weighted by Gasteiger charge is 2.19. The number of hydrogen-bond acceptors (Lipinski definition) is 5. The maximum atomic E-state index is 12.1. The SMILES string of the molecule is COc1ccc(-c2csc(NC(=O)CC3CCCC3)n2)c(OC)c1. The topological polar surface area (TPSA) is 60.5 Å². The van der Waals surface area contributed by atoms with E-state index in [1.165, 1.54) is 37.0 Å². The van der Waals surface area contributed by atoms with Gasteiger partial charge >= 0.3 is 0 Å². The standard InChI is InChI=1S/C18H22N2O3S/c1-22-13-7-8-14(16(10-13)23-2)15-11-24-18(19-15)20-17(21)9-12-5-3-4-6-12/h7-8,10-12H,3-6,9H2,1-2H3,(H,19,20,21). The average Bonchev–Trinajstić information content (AvgIpc) is 3.26. The lowest BCUT2D eigenvalue weighted by Gasteiger charge is -2.09. The van der Waals surface area contributed by atoms with E-state index in [0.717, 1.165) is 17.0 Å². The number of benzene rings is 1. The van der Waals surface area contributed by atoms with Crippen molar-refractivity contribution in [2.24, 2.45) is 5.92 Å². The van der Waals surface area contributed by atoms with Crippen LogP contribution < -0.4 is 14.8 Å². The van der Waals surface area contributed by atoms with Crippen molar-refractivity contribution in [3.63, 3.8) is 0 Å². The Bertz CT molecular complexity index is 708. The Balaban J connectivity index is 1.70. The van der Waals surface area contributed by atoms with Crippen LogP contribution in [-0.4, -0.2) is 25.1 Å². The number of carbonyl (C=O) groups excluding carboxylic acids is 1. The van der Waals surface area contributed by atoms with Gasteiger partial charge < -0.3 is 14.8 Å². The van der Waals surface area contributed by atoms with E-state index in [1.807, 2.05) is 23.6 Å². The van der Waals surface area contributed by atoms with Crippen LogP contribution in [0.1, 0.15) is 32.1 Å². The van der Waals surface area contributed by atoms with E-state index < -0.39 is 0 Å². The van der Waals surface area contributed by atoms with Crippen LogP contribution in [0, 0.1) is 5.92 Å². The predicted octanol–water partition coefficient (Wildman–Crippen LogP) is 4.35. The van der Waals surface area contributed by atoms with Crippen LogP contribution in [0.5, 0.6) is 11.5 Å². The summed E-state index contributed by atoms with van der Waals surface area (Å²) in [4.78, 5) is 16.7. The molecule has 0 aliphatic heterocycles. The number of nitrogens with zero attached hydrogens (tertiary/aromatic N) is 1. The van der Waals surface area contributed by atoms with E-state index >= 15 is 0 Å². The van der Waals surface area contributed by atoms with E-state index in [1.54, 1.807) is 14.2 Å². The molecule has 5 nitrogen and oxygen atoms in total. The summed E-state index contributed by atoms with van der Waals surface area (Å²) < 4.78 is 10.6. The third-order valence-electron chi connectivity index (χ3n) is 4.38. The van der Waals surface area contributed by atoms with Gasteiger partial charge in [0, 0.05) is 23.4 Å². The van der Waals surface area contributed by atoms with Gasteiger partial charge in [-0.2, -0.15) is 0 Å². The van der Waals surface area contributed by atoms with Gasteiger partial charge in [0.15, 0.2) is 5.13 Å². The predicted molar refractivity (Wildman–Crippen MR) is 95.9 cm³/mol. The van der Waals surface area contributed by atoms with Crippen LogP contribution >= 0.6 is 11.3 Å². The second kappa shape index (κ2) is 7.66. The van der Waals surface area contributed by atoms with Gasteiger partial charge in [0.05, 0.1) is 19.9 Å². The molecule has 1 aromatic carbocycles. The molecule has 0 unspecified atom stereocenters. The van der Waals surface area contributed by atoms with Crippen molar-refractivity contribution in [3.05, 3.63) is 23.6 Å². The molecule has 1 aromatic heterocycles. The van der Waals surface area contributed by atoms with Crippen LogP contribution in [0.3, 0.4) is 0 Å². The van der Waals surface area contributed by atoms with Crippen molar-refractivity contribution < 1.29 is 14.3 Å². The van der Waals surface area contributed by atoms with E-state index in [0.29, 0.717) is 23.2 Å². The van der Waals surface area contributed by atoms with E-state index in [-0.39, 0.29) is 5.91 Å². The molecule has 1 saturated carbocycles. The first kappa shape index (κ1) is 16.8. The molecular formula is C18H22N2O3S.